The highest BCUT2D eigenvalue weighted by Gasteiger charge is 2.47. The van der Waals surface area contributed by atoms with Crippen LogP contribution in [-0.2, 0) is 14.3 Å². The smallest absolute Gasteiger partial charge is 0.338 e. The van der Waals surface area contributed by atoms with Gasteiger partial charge in [-0.15, -0.1) is 11.3 Å². The number of amides is 2. The number of aliphatic carboxylic acids is 1. The quantitative estimate of drug-likeness (QED) is 0.441. The molecule has 0 aliphatic carbocycles. The minimum absolute atomic E-state index is 0.0662. The number of rotatable bonds is 7. The molecule has 5 heterocycles. The van der Waals surface area contributed by atoms with Gasteiger partial charge in [-0.1, -0.05) is 17.7 Å². The number of carbonyl (C=O) groups is 3. The number of amidine groups is 1. The maximum absolute atomic E-state index is 13.9. The summed E-state index contributed by atoms with van der Waals surface area (Å²) in [6.45, 7) is 2.94. The minimum Gasteiger partial charge on any atom is -0.480 e. The van der Waals surface area contributed by atoms with E-state index in [1.54, 1.807) is 18.1 Å². The van der Waals surface area contributed by atoms with E-state index in [0.29, 0.717) is 67.8 Å². The largest absolute Gasteiger partial charge is 0.480 e. The Morgan fingerprint density at radius 3 is 2.70 bits per heavy atom. The fourth-order valence-electron chi connectivity index (χ4n) is 6.43. The number of carboxylic acid groups (broad SMARTS) is 1. The second-order valence-corrected chi connectivity index (χ2v) is 12.4. The zero-order valence-corrected chi connectivity index (χ0v) is 25.1. The van der Waals surface area contributed by atoms with Crippen molar-refractivity contribution < 1.29 is 28.6 Å². The van der Waals surface area contributed by atoms with Gasteiger partial charge in [-0.05, 0) is 25.6 Å². The number of nitrogens with one attached hydrogen (secondary N) is 1. The van der Waals surface area contributed by atoms with Gasteiger partial charge in [0.15, 0.2) is 10.8 Å². The summed E-state index contributed by atoms with van der Waals surface area (Å²) in [5.74, 6) is -1.51. The molecule has 1 aromatic heterocycles. The van der Waals surface area contributed by atoms with Crippen molar-refractivity contribution in [2.75, 3.05) is 53.4 Å². The first-order chi connectivity index (χ1) is 20.6. The number of benzene rings is 1. The van der Waals surface area contributed by atoms with E-state index < -0.39 is 29.8 Å². The number of piperazine rings is 1. The number of carbonyl (C=O) groups excluding carboxylic acids is 2. The van der Waals surface area contributed by atoms with Crippen LogP contribution in [0.5, 0.6) is 0 Å². The third-order valence-electron chi connectivity index (χ3n) is 8.52. The van der Waals surface area contributed by atoms with Crippen LogP contribution in [0.1, 0.15) is 23.0 Å². The summed E-state index contributed by atoms with van der Waals surface area (Å²) < 4.78 is 19.1. The van der Waals surface area contributed by atoms with Gasteiger partial charge in [0.25, 0.3) is 0 Å². The van der Waals surface area contributed by atoms with E-state index in [2.05, 4.69) is 15.2 Å². The van der Waals surface area contributed by atoms with Crippen LogP contribution in [0.2, 0.25) is 5.02 Å². The molecule has 228 valence electrons. The number of hydrogen-bond acceptors (Lipinski definition) is 10. The number of nitrogens with zero attached hydrogens (tertiary/aromatic N) is 6. The number of hydrogen-bond donors (Lipinski definition) is 2. The molecule has 6 rings (SSSR count). The molecular formula is C28H31ClFN7O5S. The van der Waals surface area contributed by atoms with Gasteiger partial charge in [0, 0.05) is 73.2 Å². The molecule has 15 heteroatoms. The van der Waals surface area contributed by atoms with Crippen molar-refractivity contribution in [3.05, 3.63) is 62.5 Å². The van der Waals surface area contributed by atoms with Crippen LogP contribution in [0.25, 0.3) is 0 Å². The maximum atomic E-state index is 13.9. The molecule has 2 aromatic rings. The molecule has 4 atom stereocenters. The van der Waals surface area contributed by atoms with Crippen molar-refractivity contribution in [3.8, 4) is 0 Å². The van der Waals surface area contributed by atoms with E-state index in [0.717, 1.165) is 0 Å². The van der Waals surface area contributed by atoms with Crippen LogP contribution in [-0.4, -0.2) is 125 Å². The Morgan fingerprint density at radius 2 is 2.02 bits per heavy atom. The lowest BCUT2D eigenvalue weighted by molar-refractivity contribution is -0.141. The second-order valence-electron chi connectivity index (χ2n) is 11.1. The number of urea groups is 1. The van der Waals surface area contributed by atoms with Gasteiger partial charge < -0.3 is 25.0 Å². The Balaban J connectivity index is 1.26. The number of likely N-dealkylation sites (N-methyl/N-ethyl adjacent to an activating group) is 1. The zero-order chi connectivity index (χ0) is 30.4. The molecule has 0 spiro atoms. The number of carboxylic acids is 1. The van der Waals surface area contributed by atoms with Crippen LogP contribution >= 0.6 is 22.9 Å². The molecule has 2 N–H and O–H groups in total. The summed E-state index contributed by atoms with van der Waals surface area (Å²) in [7, 11) is 3.07. The lowest BCUT2D eigenvalue weighted by Gasteiger charge is -2.38. The van der Waals surface area contributed by atoms with Crippen LogP contribution in [0, 0.1) is 5.82 Å². The number of ether oxygens (including phenoxy) is 1. The van der Waals surface area contributed by atoms with Gasteiger partial charge in [-0.25, -0.2) is 19.0 Å². The van der Waals surface area contributed by atoms with Crippen LogP contribution < -0.4 is 5.32 Å². The predicted octanol–water partition coefficient (Wildman–Crippen LogP) is 2.03. The van der Waals surface area contributed by atoms with Gasteiger partial charge in [0.2, 0.25) is 0 Å². The highest BCUT2D eigenvalue weighted by molar-refractivity contribution is 7.11. The predicted molar refractivity (Wildman–Crippen MR) is 156 cm³/mol. The average molecular weight is 632 g/mol. The van der Waals surface area contributed by atoms with E-state index in [1.165, 1.54) is 36.6 Å². The van der Waals surface area contributed by atoms with Gasteiger partial charge >= 0.3 is 18.0 Å². The number of likely N-dealkylation sites (tertiary alicyclic amines) is 1. The van der Waals surface area contributed by atoms with Crippen molar-refractivity contribution in [3.63, 3.8) is 0 Å². The van der Waals surface area contributed by atoms with Crippen LogP contribution in [0.15, 0.2) is 46.0 Å². The van der Waals surface area contributed by atoms with Gasteiger partial charge in [-0.2, -0.15) is 0 Å². The molecule has 3 fully saturated rings. The third kappa shape index (κ3) is 5.59. The molecule has 43 heavy (non-hydrogen) atoms. The van der Waals surface area contributed by atoms with E-state index in [1.807, 2.05) is 15.2 Å². The number of esters is 1. The summed E-state index contributed by atoms with van der Waals surface area (Å²) in [4.78, 5) is 55.0. The van der Waals surface area contributed by atoms with Crippen LogP contribution in [0.3, 0.4) is 0 Å². The molecule has 1 aromatic carbocycles. The number of fused-ring (bicyclic) bond motifs is 1. The summed E-state index contributed by atoms with van der Waals surface area (Å²) in [5.41, 5.74) is 1.28. The standard InChI is InChI=1S/C28H31ClFN7O5S/c1-34-11-16(10-21(34)26(38)39)37-13-17-12-35(6-7-36(17)28(37)41)14-20-22(27(40)42-2)23(18-4-3-15(30)9-19(18)29)33-24(32-20)25-31-5-8-43-25/h3-5,8-9,16-17,21,23H,6-7,10-14H2,1-2H3,(H,32,33)(H,38,39)/t16-,17-,21+,23-/m0/s1. The van der Waals surface area contributed by atoms with Gasteiger partial charge in [0.1, 0.15) is 17.9 Å². The van der Waals surface area contributed by atoms with Gasteiger partial charge in [0.05, 0.1) is 18.7 Å². The second kappa shape index (κ2) is 11.8. The molecule has 12 nitrogen and oxygen atoms in total. The number of aromatic nitrogens is 1. The Kier molecular flexibility index (Phi) is 8.11. The lowest BCUT2D eigenvalue weighted by Crippen LogP contribution is -2.53. The highest BCUT2D eigenvalue weighted by atomic mass is 35.5. The normalized spacial score (nSPS) is 26.4. The maximum Gasteiger partial charge on any atom is 0.338 e. The first-order valence-corrected chi connectivity index (χ1v) is 15.1. The SMILES string of the molecule is COC(=O)C1=C(CN2CCN3C(=O)N([C@H]4C[C@H](C(=O)O)N(C)C4)C[C@@H]3C2)NC(c2nccs2)=N[C@H]1c1ccc(F)cc1Cl. The minimum atomic E-state index is -0.879. The van der Waals surface area contributed by atoms with Gasteiger partial charge in [-0.3, -0.25) is 19.6 Å². The summed E-state index contributed by atoms with van der Waals surface area (Å²) in [6.07, 6.45) is 2.06. The van der Waals surface area contributed by atoms with Crippen LogP contribution in [0.4, 0.5) is 9.18 Å². The first kappa shape index (κ1) is 29.5. The molecule has 2 amide bonds. The van der Waals surface area contributed by atoms with Crippen molar-refractivity contribution >= 4 is 46.7 Å². The zero-order valence-electron chi connectivity index (χ0n) is 23.6. The van der Waals surface area contributed by atoms with E-state index in [-0.39, 0.29) is 28.7 Å². The molecule has 0 bridgehead atoms. The Labute approximate surface area is 256 Å². The van der Waals surface area contributed by atoms with E-state index >= 15 is 0 Å². The third-order valence-corrected chi connectivity index (χ3v) is 9.63. The Morgan fingerprint density at radius 1 is 1.21 bits per heavy atom. The Hall–Kier alpha value is -3.59. The van der Waals surface area contributed by atoms with E-state index in [4.69, 9.17) is 21.3 Å². The summed E-state index contributed by atoms with van der Waals surface area (Å²) in [6, 6.07) is 2.20. The van der Waals surface area contributed by atoms with Crippen molar-refractivity contribution in [1.82, 2.24) is 29.9 Å². The number of aliphatic imine (C=N–C) groups is 1. The van der Waals surface area contributed by atoms with Crippen molar-refractivity contribution in [1.29, 1.82) is 0 Å². The summed E-state index contributed by atoms with van der Waals surface area (Å²) in [5, 5.41) is 15.4. The van der Waals surface area contributed by atoms with Crippen molar-refractivity contribution in [2.24, 2.45) is 4.99 Å². The lowest BCUT2D eigenvalue weighted by atomic mass is 9.95. The summed E-state index contributed by atoms with van der Waals surface area (Å²) >= 11 is 7.84. The molecular weight excluding hydrogens is 601 g/mol. The topological polar surface area (TPSA) is 131 Å². The fraction of sp³-hybridized carbons (Fsp3) is 0.464. The number of methoxy groups -OCH3 is 1. The fourth-order valence-corrected chi connectivity index (χ4v) is 7.28. The monoisotopic (exact) mass is 631 g/mol. The van der Waals surface area contributed by atoms with E-state index in [9.17, 15) is 23.9 Å². The number of thiazole rings is 1. The molecule has 3 saturated heterocycles. The highest BCUT2D eigenvalue weighted by Crippen LogP contribution is 2.37. The molecule has 4 aliphatic heterocycles. The molecule has 4 aliphatic rings. The first-order valence-electron chi connectivity index (χ1n) is 13.9. The molecule has 0 unspecified atom stereocenters. The Bertz CT molecular complexity index is 1500. The average Bonchev–Trinajstić information content (AvgIpc) is 3.72. The van der Waals surface area contributed by atoms with Crippen molar-refractivity contribution in [2.45, 2.75) is 30.6 Å². The molecule has 0 radical (unpaired) electrons. The number of halogens is 2. The molecule has 0 saturated carbocycles.